The number of methoxy groups -OCH3 is 1. The quantitative estimate of drug-likeness (QED) is 0.161. The highest BCUT2D eigenvalue weighted by Gasteiger charge is 2.58. The molecule has 1 aliphatic heterocycles. The van der Waals surface area contributed by atoms with E-state index in [-0.39, 0.29) is 50.9 Å². The molecule has 1 aromatic heterocycles. The van der Waals surface area contributed by atoms with Gasteiger partial charge in [-0.15, -0.1) is 0 Å². The molecule has 0 amide bonds. The molecule has 0 spiro atoms. The molecule has 2 heterocycles. The summed E-state index contributed by atoms with van der Waals surface area (Å²) < 4.78 is 82.1. The first-order valence-corrected chi connectivity index (χ1v) is 17.1. The predicted molar refractivity (Wildman–Crippen MR) is 156 cm³/mol. The normalized spacial score (nSPS) is 22.0. The molecule has 13 nitrogen and oxygen atoms in total. The molecule has 1 saturated heterocycles. The fourth-order valence-corrected chi connectivity index (χ4v) is 8.21. The van der Waals surface area contributed by atoms with Crippen LogP contribution >= 0.6 is 16.1 Å². The molecule has 0 aliphatic carbocycles. The molecule has 1 aliphatic rings. The Morgan fingerprint density at radius 2 is 1.81 bits per heavy atom. The third-order valence-corrected chi connectivity index (χ3v) is 10.8. The third-order valence-electron chi connectivity index (χ3n) is 6.47. The Morgan fingerprint density at radius 3 is 2.33 bits per heavy atom. The van der Waals surface area contributed by atoms with Crippen LogP contribution in [0.4, 0.5) is 8.78 Å². The Labute approximate surface area is 252 Å². The molecule has 1 N–H and O–H groups in total. The van der Waals surface area contributed by atoms with Gasteiger partial charge in [-0.25, -0.2) is 18.2 Å². The number of hydrogen-bond donors (Lipinski definition) is 1. The summed E-state index contributed by atoms with van der Waals surface area (Å²) in [5.41, 5.74) is -1.55. The molecule has 246 valence electrons. The van der Waals surface area contributed by atoms with E-state index in [1.807, 2.05) is 38.4 Å². The lowest BCUT2D eigenvalue weighted by Crippen LogP contribution is -2.46. The first-order chi connectivity index (χ1) is 20.2. The van der Waals surface area contributed by atoms with Gasteiger partial charge in [0.15, 0.2) is 12.3 Å². The molecule has 3 unspecified atom stereocenters. The zero-order chi connectivity index (χ0) is 32.4. The van der Waals surface area contributed by atoms with Crippen molar-refractivity contribution in [3.05, 3.63) is 33.1 Å². The molecule has 0 radical (unpaired) electrons. The van der Waals surface area contributed by atoms with E-state index in [0.29, 0.717) is 0 Å². The van der Waals surface area contributed by atoms with Gasteiger partial charge in [-0.05, 0) is 48.0 Å². The van der Waals surface area contributed by atoms with Crippen molar-refractivity contribution in [2.75, 3.05) is 33.1 Å². The number of hydrogen-bond acceptors (Lipinski definition) is 11. The molecule has 17 heteroatoms. The van der Waals surface area contributed by atoms with Gasteiger partial charge in [-0.3, -0.25) is 18.9 Å². The summed E-state index contributed by atoms with van der Waals surface area (Å²) in [6.45, 7) is 11.0. The molecule has 2 rings (SSSR count). The van der Waals surface area contributed by atoms with Crippen LogP contribution in [0.1, 0.15) is 67.0 Å². The van der Waals surface area contributed by atoms with Crippen LogP contribution in [0.5, 0.6) is 0 Å². The fourth-order valence-electron chi connectivity index (χ4n) is 4.81. The smallest absolute Gasteiger partial charge is 0.330 e. The lowest BCUT2D eigenvalue weighted by molar-refractivity contribution is -0.165. The highest BCUT2D eigenvalue weighted by molar-refractivity contribution is 7.53. The lowest BCUT2D eigenvalue weighted by atomic mass is 10.0. The maximum Gasteiger partial charge on any atom is 0.330 e. The number of nitrogens with one attached hydrogen (secondary N) is 1. The number of nitriles is 1. The Balaban J connectivity index is 2.51. The number of H-pyrrole nitrogens is 1. The van der Waals surface area contributed by atoms with Crippen LogP contribution in [-0.2, 0) is 32.1 Å². The van der Waals surface area contributed by atoms with Gasteiger partial charge in [-0.2, -0.15) is 5.26 Å². The average molecular weight is 657 g/mol. The second kappa shape index (κ2) is 17.2. The molecule has 5 atom stereocenters. The number of halogens is 2. The summed E-state index contributed by atoms with van der Waals surface area (Å²) in [5.74, 6) is -3.57. The molecule has 1 aromatic rings. The van der Waals surface area contributed by atoms with Gasteiger partial charge in [0, 0.05) is 37.9 Å². The summed E-state index contributed by atoms with van der Waals surface area (Å²) in [6, 6.07) is 2.80. The zero-order valence-corrected chi connectivity index (χ0v) is 27.5. The standard InChI is InChI=1S/C26H44F2N4O9P2/c1-8-38-43(35,39-9-2)17-10-13-26(27,28)23-21(41-42(37-16-11-14-29)32(18(3)4)19(5)6)22(36-7)24(40-23)31-15-12-20(33)30-25(31)34/h12,15,18-19,21-24H,8-11,13,16-17H2,1-7H3,(H,30,33,34)/t21?,22?,23-,24+,42?/m0/s1. The van der Waals surface area contributed by atoms with Gasteiger partial charge >= 0.3 is 13.3 Å². The van der Waals surface area contributed by atoms with Crippen LogP contribution < -0.4 is 11.2 Å². The van der Waals surface area contributed by atoms with Crippen molar-refractivity contribution in [1.29, 1.82) is 5.26 Å². The molecule has 1 fully saturated rings. The van der Waals surface area contributed by atoms with E-state index in [0.717, 1.165) is 16.8 Å². The van der Waals surface area contributed by atoms with Gasteiger partial charge < -0.3 is 27.6 Å². The molecular formula is C26H44F2N4O9P2. The summed E-state index contributed by atoms with van der Waals surface area (Å²) in [6.07, 6.45) is -6.07. The van der Waals surface area contributed by atoms with Gasteiger partial charge in [0.25, 0.3) is 20.0 Å². The minimum Gasteiger partial charge on any atom is -0.374 e. The Bertz CT molecular complexity index is 1190. The molecule has 0 aromatic carbocycles. The highest BCUT2D eigenvalue weighted by atomic mass is 31.2. The minimum absolute atomic E-state index is 0.00260. The largest absolute Gasteiger partial charge is 0.374 e. The van der Waals surface area contributed by atoms with Crippen LogP contribution in [0.3, 0.4) is 0 Å². The maximum atomic E-state index is 16.1. The van der Waals surface area contributed by atoms with E-state index in [4.69, 9.17) is 32.8 Å². The molecule has 0 bridgehead atoms. The number of alkyl halides is 2. The molecular weight excluding hydrogens is 612 g/mol. The van der Waals surface area contributed by atoms with Crippen LogP contribution in [-0.4, -0.2) is 83.6 Å². The van der Waals surface area contributed by atoms with E-state index in [1.54, 1.807) is 13.8 Å². The van der Waals surface area contributed by atoms with Crippen molar-refractivity contribution < 1.29 is 40.9 Å². The van der Waals surface area contributed by atoms with Crippen molar-refractivity contribution in [3.8, 4) is 6.07 Å². The van der Waals surface area contributed by atoms with Gasteiger partial charge in [-0.1, -0.05) is 0 Å². The first-order valence-electron chi connectivity index (χ1n) is 14.3. The average Bonchev–Trinajstić information content (AvgIpc) is 3.27. The lowest BCUT2D eigenvalue weighted by Gasteiger charge is -2.38. The van der Waals surface area contributed by atoms with Gasteiger partial charge in [0.05, 0.1) is 38.5 Å². The molecule has 0 saturated carbocycles. The number of nitrogens with zero attached hydrogens (tertiary/aromatic N) is 3. The second-order valence-corrected chi connectivity index (χ2v) is 13.9. The van der Waals surface area contributed by atoms with E-state index >= 15 is 8.78 Å². The van der Waals surface area contributed by atoms with Crippen molar-refractivity contribution >= 4 is 16.1 Å². The van der Waals surface area contributed by atoms with Gasteiger partial charge in [0.2, 0.25) is 0 Å². The van der Waals surface area contributed by atoms with E-state index < -0.39 is 64.3 Å². The first kappa shape index (κ1) is 37.6. The second-order valence-electron chi connectivity index (χ2n) is 10.3. The van der Waals surface area contributed by atoms with Crippen molar-refractivity contribution in [1.82, 2.24) is 14.2 Å². The fraction of sp³-hybridized carbons (Fsp3) is 0.808. The predicted octanol–water partition coefficient (Wildman–Crippen LogP) is 4.79. The van der Waals surface area contributed by atoms with E-state index in [2.05, 4.69) is 4.98 Å². The highest BCUT2D eigenvalue weighted by Crippen LogP contribution is 2.53. The van der Waals surface area contributed by atoms with E-state index in [1.165, 1.54) is 7.11 Å². The van der Waals surface area contributed by atoms with Crippen LogP contribution in [0.2, 0.25) is 0 Å². The Hall–Kier alpha value is -1.59. The Kier molecular flexibility index (Phi) is 15.0. The minimum atomic E-state index is -3.57. The van der Waals surface area contributed by atoms with Gasteiger partial charge in [0.1, 0.15) is 12.2 Å². The number of aromatic nitrogens is 2. The van der Waals surface area contributed by atoms with Crippen molar-refractivity contribution in [2.24, 2.45) is 0 Å². The number of aromatic amines is 1. The number of rotatable bonds is 19. The number of ether oxygens (including phenoxy) is 2. The van der Waals surface area contributed by atoms with Crippen LogP contribution in [0.25, 0.3) is 0 Å². The molecule has 43 heavy (non-hydrogen) atoms. The summed E-state index contributed by atoms with van der Waals surface area (Å²) >= 11 is 0. The van der Waals surface area contributed by atoms with Crippen LogP contribution in [0.15, 0.2) is 21.9 Å². The Morgan fingerprint density at radius 1 is 1.19 bits per heavy atom. The summed E-state index contributed by atoms with van der Waals surface area (Å²) in [5, 5.41) is 9.05. The monoisotopic (exact) mass is 656 g/mol. The topological polar surface area (TPSA) is 154 Å². The third kappa shape index (κ3) is 10.2. The SMILES string of the molecule is CCOP(=O)(CCCC(F)(F)[C@H]1O[C@@H](n2ccc(=O)[nH]c2=O)C(OC)C1OP(OCCC#N)N(C(C)C)C(C)C)OCC. The maximum absolute atomic E-state index is 16.1. The van der Waals surface area contributed by atoms with Crippen LogP contribution in [0, 0.1) is 11.3 Å². The zero-order valence-electron chi connectivity index (χ0n) is 25.7. The summed E-state index contributed by atoms with van der Waals surface area (Å²) in [4.78, 5) is 26.5. The van der Waals surface area contributed by atoms with Crippen molar-refractivity contribution in [3.63, 3.8) is 0 Å². The summed E-state index contributed by atoms with van der Waals surface area (Å²) in [7, 11) is -4.31. The van der Waals surface area contributed by atoms with Crippen molar-refractivity contribution in [2.45, 2.75) is 103 Å². The van der Waals surface area contributed by atoms with E-state index in [9.17, 15) is 14.2 Å².